The molecule has 0 atom stereocenters. The van der Waals surface area contributed by atoms with Crippen molar-refractivity contribution in [3.63, 3.8) is 0 Å². The van der Waals surface area contributed by atoms with Crippen molar-refractivity contribution in [2.24, 2.45) is 16.2 Å². The first-order valence-corrected chi connectivity index (χ1v) is 46.8. The average Bonchev–Trinajstić information content (AvgIpc) is 1.61. The maximum atomic E-state index is 15.0. The maximum Gasteiger partial charge on any atom is 0.494 e. The summed E-state index contributed by atoms with van der Waals surface area (Å²) in [7, 11) is -0.712. The summed E-state index contributed by atoms with van der Waals surface area (Å²) in [6.45, 7) is 25.3. The molecule has 21 nitrogen and oxygen atoms in total. The van der Waals surface area contributed by atoms with E-state index in [9.17, 15) is 33.2 Å². The van der Waals surface area contributed by atoms with Gasteiger partial charge in [-0.05, 0) is 287 Å². The zero-order chi connectivity index (χ0) is 91.1. The van der Waals surface area contributed by atoms with Crippen molar-refractivity contribution in [1.29, 1.82) is 0 Å². The van der Waals surface area contributed by atoms with Crippen LogP contribution in [0.4, 0.5) is 18.9 Å². The van der Waals surface area contributed by atoms with Gasteiger partial charge in [-0.3, -0.25) is 28.8 Å². The maximum absolute atomic E-state index is 15.0. The molecule has 11 aromatic rings. The number of likely N-dealkylation sites (tertiary alicyclic amines) is 3. The SMILES string of the molecule is CC1(C)OB(c2ccc(C3CCC4(CC3)CCN(C(=O)c3cc(Cc5n[nH]c(=O)c6ccccc56)ccc3F)CC4)cc2)OC1(C)C.CC1(C)OB(c2ccc(N3CCC4(CCN(C(=O)c5cc(Cc6n[nH]c(=O)c7ccccc67)ccc5F)CC4)CC3)cc2)OC1(C)C.CCCOC1CCC2(CC1)CCN(C(=O)c1cc(Cc3n[nH]c(=O)c4ccccc34)ccc1F)CC2. The molecule has 3 aromatic heterocycles. The van der Waals surface area contributed by atoms with Gasteiger partial charge in [0.15, 0.2) is 0 Å². The van der Waals surface area contributed by atoms with E-state index in [-0.39, 0.29) is 98.6 Å². The largest absolute Gasteiger partial charge is 0.494 e. The van der Waals surface area contributed by atoms with Gasteiger partial charge in [0.05, 0.1) is 78.4 Å². The third-order valence-electron chi connectivity index (χ3n) is 30.7. The molecule has 678 valence electrons. The number of halogens is 3. The molecule has 0 radical (unpaired) electrons. The number of aromatic nitrogens is 6. The molecular formula is C104H119B2F3N10O11. The Morgan fingerprint density at radius 1 is 0.392 bits per heavy atom. The van der Waals surface area contributed by atoms with Crippen LogP contribution in [0.5, 0.6) is 0 Å². The van der Waals surface area contributed by atoms with Crippen molar-refractivity contribution in [2.75, 3.05) is 63.9 Å². The van der Waals surface area contributed by atoms with Crippen LogP contribution in [-0.4, -0.2) is 165 Å². The number of fused-ring (bicyclic) bond motifs is 3. The number of amides is 3. The van der Waals surface area contributed by atoms with Crippen LogP contribution in [0.2, 0.25) is 0 Å². The number of carbonyl (C=O) groups is 3. The van der Waals surface area contributed by atoms with Gasteiger partial charge in [-0.25, -0.2) is 28.5 Å². The molecule has 3 N–H and O–H groups in total. The highest BCUT2D eigenvalue weighted by atomic mass is 19.1. The number of benzene rings is 8. The van der Waals surface area contributed by atoms with E-state index in [0.29, 0.717) is 109 Å². The van der Waals surface area contributed by atoms with Crippen LogP contribution >= 0.6 is 0 Å². The van der Waals surface area contributed by atoms with E-state index in [1.165, 1.54) is 29.4 Å². The first-order valence-electron chi connectivity index (χ1n) is 46.8. The zero-order valence-electron chi connectivity index (χ0n) is 76.3. The minimum absolute atomic E-state index is 0.0889. The molecule has 26 heteroatoms. The Morgan fingerprint density at radius 2 is 0.692 bits per heavy atom. The predicted octanol–water partition coefficient (Wildman–Crippen LogP) is 17.3. The summed E-state index contributed by atoms with van der Waals surface area (Å²) in [5, 5.41) is 24.3. The number of carbonyl (C=O) groups excluding carboxylic acids is 3. The fourth-order valence-electron chi connectivity index (χ4n) is 20.8. The minimum atomic E-state index is -0.517. The van der Waals surface area contributed by atoms with Gasteiger partial charge in [-0.2, -0.15) is 15.3 Å². The van der Waals surface area contributed by atoms with Crippen molar-refractivity contribution in [1.82, 2.24) is 45.3 Å². The van der Waals surface area contributed by atoms with Crippen LogP contribution in [-0.2, 0) is 42.6 Å². The number of H-pyrrole nitrogens is 3. The van der Waals surface area contributed by atoms with E-state index in [1.54, 1.807) is 59.5 Å². The molecule has 3 amide bonds. The van der Waals surface area contributed by atoms with Crippen LogP contribution < -0.4 is 32.5 Å². The molecule has 2 saturated carbocycles. The van der Waals surface area contributed by atoms with Crippen LogP contribution in [0.1, 0.15) is 248 Å². The lowest BCUT2D eigenvalue weighted by Crippen LogP contribution is -2.48. The zero-order valence-corrected chi connectivity index (χ0v) is 76.3. The summed E-state index contributed by atoms with van der Waals surface area (Å²) < 4.78 is 75.7. The summed E-state index contributed by atoms with van der Waals surface area (Å²) in [5.74, 6) is -1.77. The topological polar surface area (TPSA) is 248 Å². The molecule has 8 aromatic carbocycles. The van der Waals surface area contributed by atoms with Crippen LogP contribution in [0, 0.1) is 33.7 Å². The van der Waals surface area contributed by atoms with E-state index in [2.05, 4.69) is 146 Å². The molecule has 0 bridgehead atoms. The lowest BCUT2D eigenvalue weighted by atomic mass is 9.64. The molecule has 130 heavy (non-hydrogen) atoms. The monoisotopic (exact) mass is 1760 g/mol. The summed E-state index contributed by atoms with van der Waals surface area (Å²) in [6.07, 6.45) is 19.4. The van der Waals surface area contributed by atoms with Gasteiger partial charge in [0.2, 0.25) is 0 Å². The lowest BCUT2D eigenvalue weighted by molar-refractivity contribution is -0.0212. The Hall–Kier alpha value is -10.9. The summed E-state index contributed by atoms with van der Waals surface area (Å²) in [6, 6.07) is 53.2. The second kappa shape index (κ2) is 37.4. The van der Waals surface area contributed by atoms with E-state index in [4.69, 9.17) is 23.4 Å². The molecule has 3 spiro atoms. The number of aromatic amines is 3. The van der Waals surface area contributed by atoms with Crippen molar-refractivity contribution in [3.8, 4) is 0 Å². The van der Waals surface area contributed by atoms with Gasteiger partial charge in [0.25, 0.3) is 34.4 Å². The second-order valence-corrected chi connectivity index (χ2v) is 39.8. The van der Waals surface area contributed by atoms with Gasteiger partial charge in [-0.15, -0.1) is 0 Å². The first kappa shape index (κ1) is 91.0. The fraction of sp³-hybridized carbons (Fsp3) is 0.452. The van der Waals surface area contributed by atoms with Gasteiger partial charge in [0, 0.05) is 100 Å². The highest BCUT2D eigenvalue weighted by molar-refractivity contribution is 6.62. The molecule has 8 fully saturated rings. The predicted molar refractivity (Wildman–Crippen MR) is 503 cm³/mol. The highest BCUT2D eigenvalue weighted by Crippen LogP contribution is 2.51. The number of rotatable bonds is 16. The number of piperidine rings is 4. The smallest absolute Gasteiger partial charge is 0.399 e. The standard InChI is InChI=1S/C38H43BFN3O4.C37H42BFN4O4.C29H34FN3O3/c1-36(2)37(3,4)47-39(46-36)28-12-10-26(11-13-28)27-15-17-38(18-16-27)19-21-43(22-20-38)35(45)31-23-25(9-14-32(31)40)24-33-29-7-5-6-8-30(29)34(44)42-41-33;1-35(2)36(3,4)47-38(46-35)26-10-12-27(13-11-26)42-19-15-37(16-20-42)17-21-43(22-18-37)34(45)30-23-25(9-14-31(30)39)24-32-28-7-5-6-8-29(28)33(44)41-40-32;1-2-17-36-21-9-11-29(12-10-21)13-15-33(16-14-29)28(35)24-18-20(7-8-25(24)30)19-26-22-5-3-4-6-23(22)27(34)32-31-26/h5-14,23,27H,15-22,24H2,1-4H3,(H,42,44);5-14,23H,15-22,24H2,1-4H3,(H,41,44);3-8,18,21H,2,9-17,19H2,1H3,(H,32,34). The van der Waals surface area contributed by atoms with Crippen LogP contribution in [0.25, 0.3) is 32.3 Å². The van der Waals surface area contributed by atoms with Crippen molar-refractivity contribution >= 4 is 80.9 Å². The molecular weight excluding hydrogens is 1640 g/mol. The normalized spacial score (nSPS) is 20.2. The van der Waals surface area contributed by atoms with Crippen LogP contribution in [0.15, 0.2) is 190 Å². The molecule has 6 saturated heterocycles. The third-order valence-corrected chi connectivity index (χ3v) is 30.7. The molecule has 19 rings (SSSR count). The minimum Gasteiger partial charge on any atom is -0.399 e. The summed E-state index contributed by atoms with van der Waals surface area (Å²) in [4.78, 5) is 84.9. The van der Waals surface area contributed by atoms with E-state index in [1.807, 2.05) is 64.4 Å². The number of hydrogen-bond donors (Lipinski definition) is 3. The average molecular weight is 1760 g/mol. The van der Waals surface area contributed by atoms with Gasteiger partial charge >= 0.3 is 14.2 Å². The Morgan fingerprint density at radius 3 is 1.02 bits per heavy atom. The van der Waals surface area contributed by atoms with E-state index in [0.717, 1.165) is 173 Å². The van der Waals surface area contributed by atoms with Crippen LogP contribution in [0.3, 0.4) is 0 Å². The lowest BCUT2D eigenvalue weighted by Gasteiger charge is -2.47. The number of anilines is 1. The summed E-state index contributed by atoms with van der Waals surface area (Å²) in [5.41, 5.74) is 7.87. The van der Waals surface area contributed by atoms with E-state index < -0.39 is 17.5 Å². The van der Waals surface area contributed by atoms with Gasteiger partial charge < -0.3 is 43.0 Å². The summed E-state index contributed by atoms with van der Waals surface area (Å²) >= 11 is 0. The Labute approximate surface area is 758 Å². The number of ether oxygens (including phenoxy) is 1. The first-order chi connectivity index (χ1) is 62.3. The quantitative estimate of drug-likeness (QED) is 0.0761. The Bertz CT molecular complexity index is 5860. The highest BCUT2D eigenvalue weighted by Gasteiger charge is 2.54. The third kappa shape index (κ3) is 19.3. The van der Waals surface area contributed by atoms with Crippen molar-refractivity contribution in [2.45, 2.75) is 225 Å². The molecule has 2 aliphatic carbocycles. The second-order valence-electron chi connectivity index (χ2n) is 39.8. The van der Waals surface area contributed by atoms with Crippen molar-refractivity contribution < 1.29 is 50.9 Å². The van der Waals surface area contributed by atoms with Crippen molar-refractivity contribution in [3.05, 3.63) is 280 Å². The molecule has 0 unspecified atom stereocenters. The number of hydrogen-bond acceptors (Lipinski definition) is 15. The Kier molecular flexibility index (Phi) is 26.2. The molecule has 8 aliphatic rings. The fourth-order valence-corrected chi connectivity index (χ4v) is 20.8. The molecule has 9 heterocycles. The van der Waals surface area contributed by atoms with Gasteiger partial charge in [0.1, 0.15) is 17.5 Å². The Balaban J connectivity index is 0.000000138. The molecule has 6 aliphatic heterocycles. The van der Waals surface area contributed by atoms with E-state index >= 15 is 8.78 Å². The van der Waals surface area contributed by atoms with Gasteiger partial charge in [-0.1, -0.05) is 116 Å². The number of nitrogens with one attached hydrogen (secondary N) is 3. The number of nitrogens with zero attached hydrogens (tertiary/aromatic N) is 7.